The van der Waals surface area contributed by atoms with Crippen molar-refractivity contribution in [3.63, 3.8) is 0 Å². The Morgan fingerprint density at radius 3 is 2.65 bits per heavy atom. The quantitative estimate of drug-likeness (QED) is 0.472. The van der Waals surface area contributed by atoms with E-state index < -0.39 is 0 Å². The lowest BCUT2D eigenvalue weighted by Gasteiger charge is -2.36. The third-order valence-corrected chi connectivity index (χ3v) is 4.48. The molecule has 1 fully saturated rings. The molecule has 1 aliphatic heterocycles. The van der Waals surface area contributed by atoms with Crippen molar-refractivity contribution in [2.24, 2.45) is 4.99 Å². The first-order chi connectivity index (χ1) is 12.7. The molecule has 140 valence electrons. The maximum absolute atomic E-state index is 5.87. The second kappa shape index (κ2) is 9.45. The summed E-state index contributed by atoms with van der Waals surface area (Å²) in [6.07, 6.45) is 1.61. The molecule has 2 aromatic rings. The molecule has 8 heteroatoms. The van der Waals surface area contributed by atoms with Gasteiger partial charge in [-0.25, -0.2) is 0 Å². The Labute approximate surface area is 158 Å². The maximum Gasteiger partial charge on any atom is 0.193 e. The Balaban J connectivity index is 1.37. The molecule has 0 unspecified atom stereocenters. The minimum Gasteiger partial charge on any atom is -0.492 e. The first-order valence-corrected chi connectivity index (χ1v) is 9.08. The van der Waals surface area contributed by atoms with Crippen LogP contribution in [0.15, 0.2) is 46.1 Å². The molecular formula is C18H24ClN5O2. The van der Waals surface area contributed by atoms with Gasteiger partial charge in [-0.2, -0.15) is 0 Å². The summed E-state index contributed by atoms with van der Waals surface area (Å²) < 4.78 is 10.6. The largest absolute Gasteiger partial charge is 0.492 e. The number of hydrogen-bond donors (Lipinski definition) is 1. The van der Waals surface area contributed by atoms with Crippen LogP contribution in [0.2, 0.25) is 5.02 Å². The Morgan fingerprint density at radius 2 is 2.00 bits per heavy atom. The minimum atomic E-state index is 0.562. The van der Waals surface area contributed by atoms with Gasteiger partial charge in [-0.15, -0.1) is 0 Å². The van der Waals surface area contributed by atoms with Gasteiger partial charge in [0, 0.05) is 50.9 Å². The van der Waals surface area contributed by atoms with Crippen LogP contribution in [0.5, 0.6) is 5.75 Å². The number of hydrogen-bond acceptors (Lipinski definition) is 5. The summed E-state index contributed by atoms with van der Waals surface area (Å²) in [5.41, 5.74) is 0.973. The van der Waals surface area contributed by atoms with E-state index in [-0.39, 0.29) is 0 Å². The van der Waals surface area contributed by atoms with E-state index in [2.05, 4.69) is 25.3 Å². The molecule has 7 nitrogen and oxygen atoms in total. The lowest BCUT2D eigenvalue weighted by molar-refractivity contribution is 0.168. The molecule has 1 aromatic heterocycles. The number of rotatable bonds is 6. The van der Waals surface area contributed by atoms with E-state index in [1.165, 1.54) is 0 Å². The van der Waals surface area contributed by atoms with Crippen LogP contribution in [0.3, 0.4) is 0 Å². The first-order valence-electron chi connectivity index (χ1n) is 8.70. The smallest absolute Gasteiger partial charge is 0.193 e. The van der Waals surface area contributed by atoms with E-state index in [0.29, 0.717) is 18.2 Å². The van der Waals surface area contributed by atoms with Gasteiger partial charge in [-0.1, -0.05) is 16.8 Å². The fraction of sp³-hybridized carbons (Fsp3) is 0.444. The Morgan fingerprint density at radius 1 is 1.23 bits per heavy atom. The van der Waals surface area contributed by atoms with Crippen molar-refractivity contribution in [1.82, 2.24) is 20.3 Å². The molecule has 0 radical (unpaired) electrons. The highest BCUT2D eigenvalue weighted by Crippen LogP contribution is 2.15. The van der Waals surface area contributed by atoms with Gasteiger partial charge in [0.05, 0.1) is 12.2 Å². The van der Waals surface area contributed by atoms with E-state index in [4.69, 9.17) is 20.9 Å². The van der Waals surface area contributed by atoms with Gasteiger partial charge in [0.15, 0.2) is 5.96 Å². The number of guanidine groups is 1. The zero-order chi connectivity index (χ0) is 18.2. The number of aromatic nitrogens is 1. The highest BCUT2D eigenvalue weighted by molar-refractivity contribution is 6.30. The monoisotopic (exact) mass is 377 g/mol. The van der Waals surface area contributed by atoms with E-state index >= 15 is 0 Å². The first kappa shape index (κ1) is 18.5. The summed E-state index contributed by atoms with van der Waals surface area (Å²) in [4.78, 5) is 9.01. The molecule has 2 heterocycles. The molecule has 3 rings (SSSR count). The van der Waals surface area contributed by atoms with Gasteiger partial charge >= 0.3 is 0 Å². The SMILES string of the molecule is CN=C(NCCOc1ccc(Cl)cc1)N1CCN(Cc2ccon2)CC1. The second-order valence-corrected chi connectivity index (χ2v) is 6.47. The van der Waals surface area contributed by atoms with Gasteiger partial charge in [-0.05, 0) is 24.3 Å². The van der Waals surface area contributed by atoms with E-state index in [0.717, 1.165) is 50.1 Å². The standard InChI is InChI=1S/C18H24ClN5O2/c1-20-18(21-7-13-25-17-4-2-15(19)3-5-17)24-10-8-23(9-11-24)14-16-6-12-26-22-16/h2-6,12H,7-11,13-14H2,1H3,(H,20,21). The summed E-state index contributed by atoms with van der Waals surface area (Å²) in [5.74, 6) is 1.72. The summed E-state index contributed by atoms with van der Waals surface area (Å²) in [7, 11) is 1.81. The van der Waals surface area contributed by atoms with Gasteiger partial charge in [0.2, 0.25) is 0 Å². The molecule has 1 saturated heterocycles. The van der Waals surface area contributed by atoms with Gasteiger partial charge in [0.25, 0.3) is 0 Å². The molecule has 0 aliphatic carbocycles. The fourth-order valence-corrected chi connectivity index (χ4v) is 2.99. The lowest BCUT2D eigenvalue weighted by Crippen LogP contribution is -2.52. The van der Waals surface area contributed by atoms with E-state index in [1.807, 2.05) is 37.4 Å². The van der Waals surface area contributed by atoms with Crippen LogP contribution in [0.25, 0.3) is 0 Å². The number of aliphatic imine (C=N–C) groups is 1. The molecule has 0 atom stereocenters. The Hall–Kier alpha value is -2.25. The van der Waals surface area contributed by atoms with Crippen molar-refractivity contribution in [1.29, 1.82) is 0 Å². The number of ether oxygens (including phenoxy) is 1. The summed E-state index contributed by atoms with van der Waals surface area (Å²) in [6, 6.07) is 9.29. The highest BCUT2D eigenvalue weighted by atomic mass is 35.5. The zero-order valence-electron chi connectivity index (χ0n) is 14.9. The van der Waals surface area contributed by atoms with Crippen LogP contribution in [0, 0.1) is 0 Å². The number of benzene rings is 1. The summed E-state index contributed by atoms with van der Waals surface area (Å²) >= 11 is 5.87. The highest BCUT2D eigenvalue weighted by Gasteiger charge is 2.20. The normalized spacial score (nSPS) is 15.9. The van der Waals surface area contributed by atoms with Crippen LogP contribution in [-0.2, 0) is 6.54 Å². The van der Waals surface area contributed by atoms with Crippen molar-refractivity contribution >= 4 is 17.6 Å². The zero-order valence-corrected chi connectivity index (χ0v) is 15.7. The van der Waals surface area contributed by atoms with Crippen molar-refractivity contribution in [2.75, 3.05) is 46.4 Å². The average Bonchev–Trinajstić information content (AvgIpc) is 3.17. The molecule has 1 aliphatic rings. The third kappa shape index (κ3) is 5.37. The van der Waals surface area contributed by atoms with Crippen LogP contribution in [0.1, 0.15) is 5.69 Å². The Bertz CT molecular complexity index is 682. The van der Waals surface area contributed by atoms with Crippen molar-refractivity contribution in [3.8, 4) is 5.75 Å². The van der Waals surface area contributed by atoms with Crippen LogP contribution < -0.4 is 10.1 Å². The average molecular weight is 378 g/mol. The summed E-state index contributed by atoms with van der Waals surface area (Å²) in [5, 5.41) is 8.04. The van der Waals surface area contributed by atoms with Crippen LogP contribution in [0.4, 0.5) is 0 Å². The number of piperazine rings is 1. The van der Waals surface area contributed by atoms with Crippen molar-refractivity contribution < 1.29 is 9.26 Å². The van der Waals surface area contributed by atoms with Crippen molar-refractivity contribution in [3.05, 3.63) is 47.3 Å². The minimum absolute atomic E-state index is 0.562. The lowest BCUT2D eigenvalue weighted by atomic mass is 10.3. The molecule has 0 amide bonds. The predicted molar refractivity (Wildman–Crippen MR) is 102 cm³/mol. The fourth-order valence-electron chi connectivity index (χ4n) is 2.86. The Kier molecular flexibility index (Phi) is 6.74. The maximum atomic E-state index is 5.87. The molecular weight excluding hydrogens is 354 g/mol. The van der Waals surface area contributed by atoms with Gasteiger partial charge in [-0.3, -0.25) is 9.89 Å². The molecule has 0 bridgehead atoms. The van der Waals surface area contributed by atoms with E-state index in [1.54, 1.807) is 6.26 Å². The molecule has 0 saturated carbocycles. The predicted octanol–water partition coefficient (Wildman–Crippen LogP) is 2.10. The van der Waals surface area contributed by atoms with E-state index in [9.17, 15) is 0 Å². The van der Waals surface area contributed by atoms with Crippen LogP contribution in [-0.4, -0.2) is 67.3 Å². The molecule has 1 aromatic carbocycles. The number of halogens is 1. The summed E-state index contributed by atoms with van der Waals surface area (Å²) in [6.45, 7) is 5.86. The topological polar surface area (TPSA) is 66.1 Å². The van der Waals surface area contributed by atoms with Crippen molar-refractivity contribution in [2.45, 2.75) is 6.54 Å². The molecule has 1 N–H and O–H groups in total. The second-order valence-electron chi connectivity index (χ2n) is 6.03. The number of nitrogens with one attached hydrogen (secondary N) is 1. The molecule has 26 heavy (non-hydrogen) atoms. The molecule has 0 spiro atoms. The van der Waals surface area contributed by atoms with Gasteiger partial charge in [0.1, 0.15) is 18.6 Å². The third-order valence-electron chi connectivity index (χ3n) is 4.23. The van der Waals surface area contributed by atoms with Gasteiger partial charge < -0.3 is 19.5 Å². The number of nitrogens with zero attached hydrogens (tertiary/aromatic N) is 4. The van der Waals surface area contributed by atoms with Crippen LogP contribution >= 0.6 is 11.6 Å².